The largest absolute Gasteiger partial charge is 0.492 e. The Hall–Kier alpha value is -2.14. The molecule has 2 rings (SSSR count). The lowest BCUT2D eigenvalue weighted by Crippen LogP contribution is -2.14. The highest BCUT2D eigenvalue weighted by Gasteiger charge is 2.05. The topological polar surface area (TPSA) is 47.3 Å². The minimum atomic E-state index is -0.424. The van der Waals surface area contributed by atoms with Gasteiger partial charge in [0.1, 0.15) is 23.2 Å². The Morgan fingerprint density at radius 3 is 2.76 bits per heavy atom. The molecule has 0 atom stereocenters. The van der Waals surface area contributed by atoms with E-state index in [1.54, 1.807) is 12.1 Å². The van der Waals surface area contributed by atoms with Crippen molar-refractivity contribution >= 4 is 22.9 Å². The Bertz CT molecular complexity index is 646. The van der Waals surface area contributed by atoms with E-state index in [4.69, 9.17) is 22.7 Å². The molecule has 0 spiro atoms. The lowest BCUT2D eigenvalue weighted by atomic mass is 10.2. The van der Waals surface area contributed by atoms with Crippen molar-refractivity contribution < 1.29 is 9.13 Å². The number of ether oxygens (including phenoxy) is 1. The summed E-state index contributed by atoms with van der Waals surface area (Å²) in [6.45, 7) is 3.07. The van der Waals surface area contributed by atoms with E-state index in [1.807, 2.05) is 31.2 Å². The van der Waals surface area contributed by atoms with Gasteiger partial charge in [0.2, 0.25) is 0 Å². The third-order valence-electron chi connectivity index (χ3n) is 2.92. The van der Waals surface area contributed by atoms with Gasteiger partial charge in [-0.05, 0) is 42.8 Å². The van der Waals surface area contributed by atoms with Gasteiger partial charge in [-0.2, -0.15) is 0 Å². The predicted molar refractivity (Wildman–Crippen MR) is 87.5 cm³/mol. The summed E-state index contributed by atoms with van der Waals surface area (Å²) in [6.07, 6.45) is 0. The summed E-state index contributed by atoms with van der Waals surface area (Å²) >= 11 is 4.76. The first-order valence-corrected chi connectivity index (χ1v) is 7.00. The molecule has 0 heterocycles. The van der Waals surface area contributed by atoms with Crippen LogP contribution in [-0.2, 0) is 0 Å². The number of anilines is 1. The first-order valence-electron chi connectivity index (χ1n) is 6.59. The molecule has 0 unspecified atom stereocenters. The van der Waals surface area contributed by atoms with Gasteiger partial charge in [-0.1, -0.05) is 24.4 Å². The highest BCUT2D eigenvalue weighted by atomic mass is 32.1. The molecule has 0 aliphatic heterocycles. The van der Waals surface area contributed by atoms with Gasteiger partial charge in [0.05, 0.1) is 0 Å². The molecule has 21 heavy (non-hydrogen) atoms. The fourth-order valence-corrected chi connectivity index (χ4v) is 2.06. The van der Waals surface area contributed by atoms with E-state index in [2.05, 4.69) is 5.32 Å². The van der Waals surface area contributed by atoms with Crippen LogP contribution in [0.2, 0.25) is 0 Å². The van der Waals surface area contributed by atoms with Crippen LogP contribution >= 0.6 is 12.2 Å². The molecule has 0 aliphatic carbocycles. The highest BCUT2D eigenvalue weighted by molar-refractivity contribution is 7.80. The number of hydrogen-bond donors (Lipinski definition) is 2. The number of thiocarbonyl (C=S) groups is 1. The normalized spacial score (nSPS) is 10.2. The third kappa shape index (κ3) is 4.43. The molecule has 5 heteroatoms. The molecule has 0 aromatic heterocycles. The van der Waals surface area contributed by atoms with Crippen LogP contribution < -0.4 is 15.8 Å². The van der Waals surface area contributed by atoms with E-state index < -0.39 is 5.82 Å². The predicted octanol–water partition coefficient (Wildman–Crippen LogP) is 3.26. The summed E-state index contributed by atoms with van der Waals surface area (Å²) in [5.41, 5.74) is 7.49. The zero-order valence-electron chi connectivity index (χ0n) is 11.7. The van der Waals surface area contributed by atoms with Crippen LogP contribution in [0.15, 0.2) is 42.5 Å². The quantitative estimate of drug-likeness (QED) is 0.635. The summed E-state index contributed by atoms with van der Waals surface area (Å²) in [6, 6.07) is 12.5. The summed E-state index contributed by atoms with van der Waals surface area (Å²) in [7, 11) is 0. The SMILES string of the molecule is Cc1cccc(OCCNc2ccc(C(N)=S)c(F)c2)c1. The number of nitrogens with two attached hydrogens (primary N) is 1. The van der Waals surface area contributed by atoms with Crippen molar-refractivity contribution in [3.8, 4) is 5.75 Å². The molecule has 0 bridgehead atoms. The Balaban J connectivity index is 1.84. The second kappa shape index (κ2) is 7.04. The maximum atomic E-state index is 13.7. The number of rotatable bonds is 6. The summed E-state index contributed by atoms with van der Waals surface area (Å²) in [5.74, 6) is 0.402. The van der Waals surface area contributed by atoms with Gasteiger partial charge in [0, 0.05) is 17.8 Å². The summed E-state index contributed by atoms with van der Waals surface area (Å²) in [5, 5.41) is 3.09. The minimum Gasteiger partial charge on any atom is -0.492 e. The molecule has 2 aromatic carbocycles. The zero-order valence-corrected chi connectivity index (χ0v) is 12.5. The number of nitrogens with one attached hydrogen (secondary N) is 1. The van der Waals surface area contributed by atoms with E-state index in [0.29, 0.717) is 18.8 Å². The van der Waals surface area contributed by atoms with Crippen LogP contribution in [0.5, 0.6) is 5.75 Å². The first kappa shape index (κ1) is 15.3. The molecule has 3 nitrogen and oxygen atoms in total. The monoisotopic (exact) mass is 304 g/mol. The fraction of sp³-hybridized carbons (Fsp3) is 0.188. The van der Waals surface area contributed by atoms with Gasteiger partial charge in [-0.25, -0.2) is 4.39 Å². The maximum Gasteiger partial charge on any atom is 0.135 e. The molecular formula is C16H17FN2OS. The van der Waals surface area contributed by atoms with Gasteiger partial charge in [0.25, 0.3) is 0 Å². The Morgan fingerprint density at radius 1 is 1.29 bits per heavy atom. The highest BCUT2D eigenvalue weighted by Crippen LogP contribution is 2.15. The van der Waals surface area contributed by atoms with E-state index in [-0.39, 0.29) is 10.6 Å². The van der Waals surface area contributed by atoms with Crippen molar-refractivity contribution in [2.24, 2.45) is 5.73 Å². The molecule has 110 valence electrons. The first-order chi connectivity index (χ1) is 10.1. The smallest absolute Gasteiger partial charge is 0.135 e. The van der Waals surface area contributed by atoms with Crippen molar-refractivity contribution in [3.63, 3.8) is 0 Å². The summed E-state index contributed by atoms with van der Waals surface area (Å²) < 4.78 is 19.3. The molecule has 2 aromatic rings. The second-order valence-electron chi connectivity index (χ2n) is 4.65. The van der Waals surface area contributed by atoms with Crippen LogP contribution in [0.3, 0.4) is 0 Å². The van der Waals surface area contributed by atoms with Gasteiger partial charge >= 0.3 is 0 Å². The maximum absolute atomic E-state index is 13.7. The Morgan fingerprint density at radius 2 is 2.10 bits per heavy atom. The number of benzene rings is 2. The lowest BCUT2D eigenvalue weighted by molar-refractivity contribution is 0.332. The van der Waals surface area contributed by atoms with Gasteiger partial charge in [-0.3, -0.25) is 0 Å². The fourth-order valence-electron chi connectivity index (χ4n) is 1.89. The molecule has 0 aliphatic rings. The number of halogens is 1. The number of aryl methyl sites for hydroxylation is 1. The van der Waals surface area contributed by atoms with Crippen LogP contribution in [-0.4, -0.2) is 18.1 Å². The van der Waals surface area contributed by atoms with Crippen molar-refractivity contribution in [2.45, 2.75) is 6.92 Å². The van der Waals surface area contributed by atoms with Crippen molar-refractivity contribution in [1.82, 2.24) is 0 Å². The molecular weight excluding hydrogens is 287 g/mol. The lowest BCUT2D eigenvalue weighted by Gasteiger charge is -2.10. The average Bonchev–Trinajstić information content (AvgIpc) is 2.43. The van der Waals surface area contributed by atoms with E-state index in [9.17, 15) is 4.39 Å². The van der Waals surface area contributed by atoms with Crippen LogP contribution in [0.4, 0.5) is 10.1 Å². The minimum absolute atomic E-state index is 0.0573. The molecule has 0 radical (unpaired) electrons. The van der Waals surface area contributed by atoms with Crippen LogP contribution in [0, 0.1) is 12.7 Å². The second-order valence-corrected chi connectivity index (χ2v) is 5.09. The third-order valence-corrected chi connectivity index (χ3v) is 3.14. The van der Waals surface area contributed by atoms with Crippen LogP contribution in [0.25, 0.3) is 0 Å². The van der Waals surface area contributed by atoms with E-state index in [1.165, 1.54) is 6.07 Å². The van der Waals surface area contributed by atoms with Crippen molar-refractivity contribution in [1.29, 1.82) is 0 Å². The summed E-state index contributed by atoms with van der Waals surface area (Å²) in [4.78, 5) is 0.0573. The molecule has 0 saturated carbocycles. The standard InChI is InChI=1S/C16H17FN2OS/c1-11-3-2-4-13(9-11)20-8-7-19-12-5-6-14(16(18)21)15(17)10-12/h2-6,9-10,19H,7-8H2,1H3,(H2,18,21). The molecule has 0 fully saturated rings. The van der Waals surface area contributed by atoms with E-state index in [0.717, 1.165) is 11.3 Å². The Kier molecular flexibility index (Phi) is 5.11. The van der Waals surface area contributed by atoms with Crippen molar-refractivity contribution in [2.75, 3.05) is 18.5 Å². The van der Waals surface area contributed by atoms with Gasteiger partial charge in [0.15, 0.2) is 0 Å². The zero-order chi connectivity index (χ0) is 15.2. The van der Waals surface area contributed by atoms with Crippen LogP contribution in [0.1, 0.15) is 11.1 Å². The van der Waals surface area contributed by atoms with E-state index >= 15 is 0 Å². The Labute approximate surface area is 128 Å². The number of hydrogen-bond acceptors (Lipinski definition) is 3. The molecule has 0 amide bonds. The molecule has 3 N–H and O–H groups in total. The van der Waals surface area contributed by atoms with Gasteiger partial charge < -0.3 is 15.8 Å². The molecule has 0 saturated heterocycles. The average molecular weight is 304 g/mol. The van der Waals surface area contributed by atoms with Gasteiger partial charge in [-0.15, -0.1) is 0 Å². The van der Waals surface area contributed by atoms with Crippen molar-refractivity contribution in [3.05, 3.63) is 59.4 Å².